The zero-order valence-electron chi connectivity index (χ0n) is 14.1. The second-order valence-electron chi connectivity index (χ2n) is 6.24. The van der Waals surface area contributed by atoms with E-state index in [1.54, 1.807) is 18.9 Å². The average molecular weight is 332 g/mol. The summed E-state index contributed by atoms with van der Waals surface area (Å²) in [5.74, 6) is 0.167. The van der Waals surface area contributed by atoms with Gasteiger partial charge in [-0.05, 0) is 42.9 Å². The lowest BCUT2D eigenvalue weighted by Crippen LogP contribution is -2.30. The molecule has 128 valence electrons. The van der Waals surface area contributed by atoms with Gasteiger partial charge in [0.15, 0.2) is 0 Å². The lowest BCUT2D eigenvalue weighted by molar-refractivity contribution is 0.0774. The summed E-state index contributed by atoms with van der Waals surface area (Å²) in [7, 11) is 3.18. The van der Waals surface area contributed by atoms with Gasteiger partial charge in [0, 0.05) is 20.1 Å². The topological polar surface area (TPSA) is 60.2 Å². The van der Waals surface area contributed by atoms with Crippen LogP contribution in [0.2, 0.25) is 0 Å². The predicted molar refractivity (Wildman–Crippen MR) is 86.4 cm³/mol. The van der Waals surface area contributed by atoms with Crippen molar-refractivity contribution in [3.8, 4) is 6.01 Å². The summed E-state index contributed by atoms with van der Waals surface area (Å²) in [5, 5.41) is 4.10. The molecule has 1 amide bonds. The highest BCUT2D eigenvalue weighted by atomic mass is 19.1. The van der Waals surface area contributed by atoms with Gasteiger partial charge < -0.3 is 9.64 Å². The molecule has 1 aromatic carbocycles. The number of hydrogen-bond acceptors (Lipinski definition) is 4. The molecule has 24 heavy (non-hydrogen) atoms. The van der Waals surface area contributed by atoms with Gasteiger partial charge in [0.1, 0.15) is 5.82 Å². The number of benzene rings is 1. The third kappa shape index (κ3) is 3.25. The summed E-state index contributed by atoms with van der Waals surface area (Å²) in [6.45, 7) is 3.11. The molecule has 3 rings (SSSR count). The molecular formula is C17H21FN4O2. The largest absolute Gasteiger partial charge is 0.467 e. The van der Waals surface area contributed by atoms with Crippen LogP contribution in [-0.2, 0) is 13.5 Å². The number of aromatic nitrogens is 3. The quantitative estimate of drug-likeness (QED) is 0.859. The van der Waals surface area contributed by atoms with E-state index in [4.69, 9.17) is 4.74 Å². The van der Waals surface area contributed by atoms with Gasteiger partial charge in [-0.3, -0.25) is 4.79 Å². The first-order chi connectivity index (χ1) is 11.5. The zero-order chi connectivity index (χ0) is 17.3. The Labute approximate surface area is 140 Å². The third-order valence-electron chi connectivity index (χ3n) is 4.42. The maximum atomic E-state index is 13.4. The van der Waals surface area contributed by atoms with E-state index >= 15 is 0 Å². The van der Waals surface area contributed by atoms with Crippen LogP contribution in [0.1, 0.15) is 28.2 Å². The molecule has 0 radical (unpaired) electrons. The van der Waals surface area contributed by atoms with Crippen LogP contribution in [0.25, 0.3) is 0 Å². The molecule has 1 saturated heterocycles. The molecule has 7 heteroatoms. The second-order valence-corrected chi connectivity index (χ2v) is 6.24. The molecule has 2 heterocycles. The summed E-state index contributed by atoms with van der Waals surface area (Å²) in [4.78, 5) is 18.4. The highest BCUT2D eigenvalue weighted by molar-refractivity contribution is 5.90. The van der Waals surface area contributed by atoms with Gasteiger partial charge in [-0.2, -0.15) is 4.98 Å². The fourth-order valence-corrected chi connectivity index (χ4v) is 3.13. The molecule has 0 N–H and O–H groups in total. The van der Waals surface area contributed by atoms with Crippen molar-refractivity contribution in [2.75, 3.05) is 20.2 Å². The van der Waals surface area contributed by atoms with E-state index in [2.05, 4.69) is 10.1 Å². The van der Waals surface area contributed by atoms with Gasteiger partial charge in [-0.25, -0.2) is 9.07 Å². The summed E-state index contributed by atoms with van der Waals surface area (Å²) in [6, 6.07) is 5.52. The van der Waals surface area contributed by atoms with Crippen LogP contribution in [0, 0.1) is 18.7 Å². The summed E-state index contributed by atoms with van der Waals surface area (Å²) in [6.07, 6.45) is 1.76. The Morgan fingerprint density at radius 2 is 2.25 bits per heavy atom. The number of rotatable bonds is 4. The lowest BCUT2D eigenvalue weighted by Gasteiger charge is -2.14. The van der Waals surface area contributed by atoms with Crippen molar-refractivity contribution < 1.29 is 13.9 Å². The Morgan fingerprint density at radius 1 is 1.46 bits per heavy atom. The van der Waals surface area contributed by atoms with Crippen molar-refractivity contribution >= 4 is 5.91 Å². The molecule has 2 aromatic rings. The first-order valence-corrected chi connectivity index (χ1v) is 7.97. The number of ether oxygens (including phenoxy) is 1. The van der Waals surface area contributed by atoms with Gasteiger partial charge in [-0.15, -0.1) is 5.10 Å². The normalized spacial score (nSPS) is 17.3. The van der Waals surface area contributed by atoms with E-state index < -0.39 is 0 Å². The van der Waals surface area contributed by atoms with Crippen molar-refractivity contribution in [1.82, 2.24) is 19.7 Å². The van der Waals surface area contributed by atoms with Gasteiger partial charge in [0.2, 0.25) is 5.82 Å². The average Bonchev–Trinajstić information content (AvgIpc) is 3.17. The van der Waals surface area contributed by atoms with Crippen LogP contribution < -0.4 is 4.74 Å². The van der Waals surface area contributed by atoms with Crippen LogP contribution in [-0.4, -0.2) is 45.8 Å². The highest BCUT2D eigenvalue weighted by Crippen LogP contribution is 2.23. The van der Waals surface area contributed by atoms with Crippen molar-refractivity contribution in [2.45, 2.75) is 19.8 Å². The summed E-state index contributed by atoms with van der Waals surface area (Å²) in [5.41, 5.74) is 1.76. The van der Waals surface area contributed by atoms with Gasteiger partial charge in [-0.1, -0.05) is 12.1 Å². The van der Waals surface area contributed by atoms with Gasteiger partial charge in [0.25, 0.3) is 5.91 Å². The number of methoxy groups -OCH3 is 1. The molecule has 6 nitrogen and oxygen atoms in total. The Hall–Kier alpha value is -2.44. The molecule has 0 bridgehead atoms. The maximum Gasteiger partial charge on any atom is 0.314 e. The second kappa shape index (κ2) is 6.59. The molecule has 0 saturated carbocycles. The number of amides is 1. The maximum absolute atomic E-state index is 13.4. The molecular weight excluding hydrogens is 311 g/mol. The number of carbonyl (C=O) groups is 1. The Kier molecular flexibility index (Phi) is 4.51. The Morgan fingerprint density at radius 3 is 2.92 bits per heavy atom. The van der Waals surface area contributed by atoms with E-state index in [0.717, 1.165) is 18.4 Å². The molecule has 1 aromatic heterocycles. The number of nitrogens with zero attached hydrogens (tertiary/aromatic N) is 4. The van der Waals surface area contributed by atoms with Crippen LogP contribution in [0.3, 0.4) is 0 Å². The Balaban J connectivity index is 1.63. The molecule has 1 unspecified atom stereocenters. The minimum atomic E-state index is -0.183. The van der Waals surface area contributed by atoms with Crippen LogP contribution in [0.15, 0.2) is 18.2 Å². The zero-order valence-corrected chi connectivity index (χ0v) is 14.1. The monoisotopic (exact) mass is 332 g/mol. The van der Waals surface area contributed by atoms with Crippen LogP contribution >= 0.6 is 0 Å². The first-order valence-electron chi connectivity index (χ1n) is 7.97. The lowest BCUT2D eigenvalue weighted by atomic mass is 9.97. The van der Waals surface area contributed by atoms with Crippen LogP contribution in [0.4, 0.5) is 4.39 Å². The van der Waals surface area contributed by atoms with Gasteiger partial charge in [0.05, 0.1) is 7.11 Å². The standard InChI is InChI=1S/C17H21FN4O2/c1-11-8-12(4-5-14(11)18)9-13-6-7-22(10-13)16(23)15-19-17(24-3)21(2)20-15/h4-5,8,13H,6-7,9-10H2,1-3H3. The highest BCUT2D eigenvalue weighted by Gasteiger charge is 2.29. The van der Waals surface area contributed by atoms with E-state index in [1.807, 2.05) is 12.1 Å². The minimum Gasteiger partial charge on any atom is -0.467 e. The first kappa shape index (κ1) is 16.4. The van der Waals surface area contributed by atoms with Crippen molar-refractivity contribution in [1.29, 1.82) is 0 Å². The predicted octanol–water partition coefficient (Wildman–Crippen LogP) is 1.98. The number of likely N-dealkylation sites (tertiary alicyclic amines) is 1. The fourth-order valence-electron chi connectivity index (χ4n) is 3.13. The molecule has 1 aliphatic heterocycles. The van der Waals surface area contributed by atoms with Crippen LogP contribution in [0.5, 0.6) is 6.01 Å². The third-order valence-corrected chi connectivity index (χ3v) is 4.42. The fraction of sp³-hybridized carbons (Fsp3) is 0.471. The van der Waals surface area contributed by atoms with E-state index in [1.165, 1.54) is 17.9 Å². The number of carbonyl (C=O) groups excluding carboxylic acids is 1. The minimum absolute atomic E-state index is 0.160. The summed E-state index contributed by atoms with van der Waals surface area (Å²) < 4.78 is 19.8. The smallest absolute Gasteiger partial charge is 0.314 e. The molecule has 1 fully saturated rings. The van der Waals surface area contributed by atoms with Crippen molar-refractivity contribution in [3.05, 3.63) is 41.0 Å². The van der Waals surface area contributed by atoms with Crippen molar-refractivity contribution in [2.24, 2.45) is 13.0 Å². The molecule has 1 atom stereocenters. The Bertz CT molecular complexity index is 759. The van der Waals surface area contributed by atoms with E-state index in [0.29, 0.717) is 30.6 Å². The number of hydrogen-bond donors (Lipinski definition) is 0. The molecule has 1 aliphatic rings. The number of halogens is 1. The number of aryl methyl sites for hydroxylation is 2. The molecule has 0 spiro atoms. The van der Waals surface area contributed by atoms with Crippen molar-refractivity contribution in [3.63, 3.8) is 0 Å². The van der Waals surface area contributed by atoms with Gasteiger partial charge >= 0.3 is 6.01 Å². The summed E-state index contributed by atoms with van der Waals surface area (Å²) >= 11 is 0. The van der Waals surface area contributed by atoms with E-state index in [9.17, 15) is 9.18 Å². The molecule has 0 aliphatic carbocycles. The van der Waals surface area contributed by atoms with E-state index in [-0.39, 0.29) is 17.5 Å². The SMILES string of the molecule is COc1nc(C(=O)N2CCC(Cc3ccc(F)c(C)c3)C2)nn1C.